The van der Waals surface area contributed by atoms with Crippen LogP contribution >= 0.6 is 11.8 Å². The number of thioether (sulfide) groups is 1. The highest BCUT2D eigenvalue weighted by Crippen LogP contribution is 2.18. The third-order valence-corrected chi connectivity index (χ3v) is 5.30. The first-order valence-electron chi connectivity index (χ1n) is 8.90. The molecule has 0 fully saturated rings. The van der Waals surface area contributed by atoms with E-state index in [-0.39, 0.29) is 23.4 Å². The van der Waals surface area contributed by atoms with Crippen molar-refractivity contribution in [3.63, 3.8) is 0 Å². The second kappa shape index (κ2) is 10.7. The number of hydrogen-bond acceptors (Lipinski definition) is 4. The molecule has 0 bridgehead atoms. The van der Waals surface area contributed by atoms with E-state index in [0.29, 0.717) is 18.0 Å². The third kappa shape index (κ3) is 6.27. The Bertz CT molecular complexity index is 798. The SMILES string of the molecule is CNC(=O)C(C)N(Cc1cccc(OC)c1)C(=O)CSCc1ccc(F)cc1. The van der Waals surface area contributed by atoms with Gasteiger partial charge in [0, 0.05) is 19.3 Å². The van der Waals surface area contributed by atoms with Gasteiger partial charge in [-0.15, -0.1) is 11.8 Å². The molecular formula is C21H25FN2O3S. The molecule has 2 amide bonds. The van der Waals surface area contributed by atoms with Crippen molar-refractivity contribution in [3.05, 3.63) is 65.5 Å². The molecule has 0 spiro atoms. The van der Waals surface area contributed by atoms with Crippen molar-refractivity contribution in [2.75, 3.05) is 19.9 Å². The molecule has 0 aliphatic heterocycles. The van der Waals surface area contributed by atoms with Crippen LogP contribution in [0.3, 0.4) is 0 Å². The van der Waals surface area contributed by atoms with Gasteiger partial charge < -0.3 is 15.0 Å². The number of hydrogen-bond donors (Lipinski definition) is 1. The van der Waals surface area contributed by atoms with Crippen LogP contribution < -0.4 is 10.1 Å². The minimum atomic E-state index is -0.602. The zero-order chi connectivity index (χ0) is 20.5. The van der Waals surface area contributed by atoms with E-state index in [9.17, 15) is 14.0 Å². The van der Waals surface area contributed by atoms with E-state index in [2.05, 4.69) is 5.32 Å². The molecule has 0 aliphatic rings. The Balaban J connectivity index is 2.05. The molecule has 0 heterocycles. The molecule has 0 saturated carbocycles. The zero-order valence-corrected chi connectivity index (χ0v) is 17.1. The van der Waals surface area contributed by atoms with Gasteiger partial charge >= 0.3 is 0 Å². The molecule has 0 aliphatic carbocycles. The number of carbonyl (C=O) groups is 2. The van der Waals surface area contributed by atoms with E-state index in [1.54, 1.807) is 38.1 Å². The monoisotopic (exact) mass is 404 g/mol. The summed E-state index contributed by atoms with van der Waals surface area (Å²) in [5.41, 5.74) is 1.82. The second-order valence-electron chi connectivity index (χ2n) is 6.28. The highest BCUT2D eigenvalue weighted by Gasteiger charge is 2.25. The first kappa shape index (κ1) is 21.8. The Labute approximate surface area is 169 Å². The van der Waals surface area contributed by atoms with Crippen molar-refractivity contribution < 1.29 is 18.7 Å². The quantitative estimate of drug-likeness (QED) is 0.697. The van der Waals surface area contributed by atoms with Gasteiger partial charge in [-0.05, 0) is 42.3 Å². The predicted octanol–water partition coefficient (Wildman–Crippen LogP) is 3.23. The summed E-state index contributed by atoms with van der Waals surface area (Å²) in [6.45, 7) is 2.02. The van der Waals surface area contributed by atoms with Gasteiger partial charge in [0.2, 0.25) is 11.8 Å². The average Bonchev–Trinajstić information content (AvgIpc) is 2.72. The molecule has 7 heteroatoms. The van der Waals surface area contributed by atoms with Crippen LogP contribution in [-0.4, -0.2) is 42.7 Å². The largest absolute Gasteiger partial charge is 0.497 e. The molecule has 2 aromatic rings. The molecule has 2 rings (SSSR count). The summed E-state index contributed by atoms with van der Waals surface area (Å²) in [5.74, 6) is 0.874. The van der Waals surface area contributed by atoms with Gasteiger partial charge in [0.1, 0.15) is 17.6 Å². The van der Waals surface area contributed by atoms with Crippen LogP contribution in [0, 0.1) is 5.82 Å². The standard InChI is InChI=1S/C21H25FN2O3S/c1-15(21(26)23-2)24(12-17-5-4-6-19(11-17)27-3)20(25)14-28-13-16-7-9-18(22)10-8-16/h4-11,15H,12-14H2,1-3H3,(H,23,26). The Morgan fingerprint density at radius 1 is 1.18 bits per heavy atom. The lowest BCUT2D eigenvalue weighted by atomic mass is 10.1. The predicted molar refractivity (Wildman–Crippen MR) is 110 cm³/mol. The maximum absolute atomic E-state index is 13.0. The molecule has 28 heavy (non-hydrogen) atoms. The van der Waals surface area contributed by atoms with E-state index < -0.39 is 6.04 Å². The Morgan fingerprint density at radius 2 is 1.89 bits per heavy atom. The van der Waals surface area contributed by atoms with E-state index in [4.69, 9.17) is 4.74 Å². The van der Waals surface area contributed by atoms with Gasteiger partial charge in [-0.3, -0.25) is 9.59 Å². The van der Waals surface area contributed by atoms with Crippen LogP contribution in [0.5, 0.6) is 5.75 Å². The number of carbonyl (C=O) groups excluding carboxylic acids is 2. The number of ether oxygens (including phenoxy) is 1. The van der Waals surface area contributed by atoms with E-state index in [1.165, 1.54) is 23.9 Å². The fourth-order valence-electron chi connectivity index (χ4n) is 2.68. The first-order valence-corrected chi connectivity index (χ1v) is 10.1. The molecule has 5 nitrogen and oxygen atoms in total. The van der Waals surface area contributed by atoms with E-state index >= 15 is 0 Å². The Morgan fingerprint density at radius 3 is 2.54 bits per heavy atom. The third-order valence-electron chi connectivity index (χ3n) is 4.31. The van der Waals surface area contributed by atoms with Crippen molar-refractivity contribution in [2.24, 2.45) is 0 Å². The number of likely N-dealkylation sites (N-methyl/N-ethyl adjacent to an activating group) is 1. The molecule has 2 aromatic carbocycles. The summed E-state index contributed by atoms with van der Waals surface area (Å²) in [6, 6.07) is 13.0. The molecular weight excluding hydrogens is 379 g/mol. The zero-order valence-electron chi connectivity index (χ0n) is 16.3. The molecule has 0 saturated heterocycles. The summed E-state index contributed by atoms with van der Waals surface area (Å²) in [4.78, 5) is 26.5. The minimum absolute atomic E-state index is 0.133. The number of benzene rings is 2. The number of nitrogens with one attached hydrogen (secondary N) is 1. The molecule has 1 N–H and O–H groups in total. The van der Waals surface area contributed by atoms with Gasteiger partial charge in [0.15, 0.2) is 0 Å². The van der Waals surface area contributed by atoms with Crippen molar-refractivity contribution in [2.45, 2.75) is 25.3 Å². The summed E-state index contributed by atoms with van der Waals surface area (Å²) in [5, 5.41) is 2.60. The van der Waals surface area contributed by atoms with Gasteiger partial charge in [0.25, 0.3) is 0 Å². The molecule has 150 valence electrons. The first-order chi connectivity index (χ1) is 13.4. The van der Waals surface area contributed by atoms with Crippen molar-refractivity contribution in [3.8, 4) is 5.75 Å². The van der Waals surface area contributed by atoms with E-state index in [1.807, 2.05) is 24.3 Å². The van der Waals surface area contributed by atoms with E-state index in [0.717, 1.165) is 11.1 Å². The van der Waals surface area contributed by atoms with Crippen LogP contribution in [0.15, 0.2) is 48.5 Å². The fourth-order valence-corrected chi connectivity index (χ4v) is 3.55. The summed E-state index contributed by atoms with van der Waals surface area (Å²) < 4.78 is 18.2. The van der Waals surface area contributed by atoms with Crippen LogP contribution in [0.25, 0.3) is 0 Å². The second-order valence-corrected chi connectivity index (χ2v) is 7.27. The number of methoxy groups -OCH3 is 1. The lowest BCUT2D eigenvalue weighted by Crippen LogP contribution is -2.47. The van der Waals surface area contributed by atoms with Crippen LogP contribution in [0.1, 0.15) is 18.1 Å². The minimum Gasteiger partial charge on any atom is -0.497 e. The highest BCUT2D eigenvalue weighted by molar-refractivity contribution is 7.99. The molecule has 0 aromatic heterocycles. The number of amides is 2. The average molecular weight is 405 g/mol. The summed E-state index contributed by atoms with van der Waals surface area (Å²) in [7, 11) is 3.14. The van der Waals surface area contributed by atoms with Crippen LogP contribution in [-0.2, 0) is 21.9 Å². The van der Waals surface area contributed by atoms with Crippen LogP contribution in [0.2, 0.25) is 0 Å². The number of nitrogens with zero attached hydrogens (tertiary/aromatic N) is 1. The summed E-state index contributed by atoms with van der Waals surface area (Å²) in [6.07, 6.45) is 0. The maximum Gasteiger partial charge on any atom is 0.242 e. The highest BCUT2D eigenvalue weighted by atomic mass is 32.2. The van der Waals surface area contributed by atoms with Crippen molar-refractivity contribution in [1.29, 1.82) is 0 Å². The smallest absolute Gasteiger partial charge is 0.242 e. The Hall–Kier alpha value is -2.54. The van der Waals surface area contributed by atoms with Gasteiger partial charge in [-0.2, -0.15) is 0 Å². The molecule has 0 radical (unpaired) electrons. The lowest BCUT2D eigenvalue weighted by Gasteiger charge is -2.28. The van der Waals surface area contributed by atoms with Gasteiger partial charge in [0.05, 0.1) is 12.9 Å². The lowest BCUT2D eigenvalue weighted by molar-refractivity contribution is -0.138. The normalized spacial score (nSPS) is 11.6. The number of halogens is 1. The van der Waals surface area contributed by atoms with Crippen molar-refractivity contribution in [1.82, 2.24) is 10.2 Å². The number of rotatable bonds is 9. The molecule has 1 unspecified atom stereocenters. The Kier molecular flexibility index (Phi) is 8.32. The van der Waals surface area contributed by atoms with Gasteiger partial charge in [-0.25, -0.2) is 4.39 Å². The topological polar surface area (TPSA) is 58.6 Å². The fraction of sp³-hybridized carbons (Fsp3) is 0.333. The summed E-state index contributed by atoms with van der Waals surface area (Å²) >= 11 is 1.43. The van der Waals surface area contributed by atoms with Crippen molar-refractivity contribution >= 4 is 23.6 Å². The van der Waals surface area contributed by atoms with Gasteiger partial charge in [-0.1, -0.05) is 24.3 Å². The van der Waals surface area contributed by atoms with Crippen LogP contribution in [0.4, 0.5) is 4.39 Å². The maximum atomic E-state index is 13.0. The molecule has 1 atom stereocenters.